The number of carbonyl (C=O) groups is 1. The molecule has 0 radical (unpaired) electrons. The van der Waals surface area contributed by atoms with Gasteiger partial charge in [-0.25, -0.2) is 0 Å². The average molecular weight is 371 g/mol. The second-order valence-electron chi connectivity index (χ2n) is 8.77. The summed E-state index contributed by atoms with van der Waals surface area (Å²) < 4.78 is 0. The molecule has 3 nitrogen and oxygen atoms in total. The maximum Gasteiger partial charge on any atom is 0.232 e. The molecule has 5 rings (SSSR count). The van der Waals surface area contributed by atoms with Crippen LogP contribution in [0.15, 0.2) is 30.3 Å². The highest BCUT2D eigenvalue weighted by Gasteiger charge is 2.54. The number of amides is 1. The van der Waals surface area contributed by atoms with Gasteiger partial charge in [0.1, 0.15) is 0 Å². The van der Waals surface area contributed by atoms with Crippen molar-refractivity contribution in [2.45, 2.75) is 51.9 Å². The summed E-state index contributed by atoms with van der Waals surface area (Å²) >= 11 is 5.62. The monoisotopic (exact) mass is 370 g/mol. The first-order valence-electron chi connectivity index (χ1n) is 10.2. The van der Waals surface area contributed by atoms with E-state index in [2.05, 4.69) is 41.4 Å². The minimum atomic E-state index is -0.127. The molecule has 140 valence electrons. The van der Waals surface area contributed by atoms with Crippen LogP contribution in [0, 0.1) is 23.2 Å². The van der Waals surface area contributed by atoms with Gasteiger partial charge in [-0.3, -0.25) is 4.79 Å². The van der Waals surface area contributed by atoms with Gasteiger partial charge < -0.3 is 10.2 Å². The third-order valence-electron chi connectivity index (χ3n) is 6.92. The van der Waals surface area contributed by atoms with Gasteiger partial charge in [0.05, 0.1) is 5.41 Å². The molecule has 0 heterocycles. The lowest BCUT2D eigenvalue weighted by atomic mass is 9.49. The van der Waals surface area contributed by atoms with E-state index in [-0.39, 0.29) is 11.3 Å². The molecule has 4 saturated carbocycles. The van der Waals surface area contributed by atoms with Crippen LogP contribution in [-0.2, 0) is 11.2 Å². The molecule has 0 unspecified atom stereocenters. The molecule has 0 aromatic heterocycles. The molecule has 1 aromatic rings. The first-order valence-corrected chi connectivity index (χ1v) is 10.6. The molecule has 1 N–H and O–H groups in total. The van der Waals surface area contributed by atoms with Gasteiger partial charge in [0.15, 0.2) is 5.11 Å². The second kappa shape index (κ2) is 7.30. The maximum absolute atomic E-state index is 13.2. The van der Waals surface area contributed by atoms with Crippen molar-refractivity contribution in [1.29, 1.82) is 0 Å². The summed E-state index contributed by atoms with van der Waals surface area (Å²) in [6.45, 7) is 3.78. The Hall–Kier alpha value is -1.42. The zero-order valence-electron chi connectivity index (χ0n) is 15.7. The van der Waals surface area contributed by atoms with E-state index in [9.17, 15) is 4.79 Å². The molecule has 0 saturated heterocycles. The van der Waals surface area contributed by atoms with E-state index in [1.54, 1.807) is 0 Å². The third kappa shape index (κ3) is 3.53. The van der Waals surface area contributed by atoms with Crippen molar-refractivity contribution >= 4 is 23.2 Å². The van der Waals surface area contributed by atoms with E-state index in [1.807, 2.05) is 6.07 Å². The zero-order chi connectivity index (χ0) is 18.1. The van der Waals surface area contributed by atoms with Gasteiger partial charge in [0.2, 0.25) is 5.91 Å². The molecule has 4 fully saturated rings. The Kier molecular flexibility index (Phi) is 5.05. The van der Waals surface area contributed by atoms with E-state index in [4.69, 9.17) is 12.2 Å². The van der Waals surface area contributed by atoms with Crippen molar-refractivity contribution in [2.24, 2.45) is 23.2 Å². The lowest BCUT2D eigenvalue weighted by Crippen LogP contribution is -2.56. The lowest BCUT2D eigenvalue weighted by Gasteiger charge is -2.55. The fraction of sp³-hybridized carbons (Fsp3) is 0.636. The van der Waals surface area contributed by atoms with Crippen molar-refractivity contribution in [2.75, 3.05) is 13.1 Å². The van der Waals surface area contributed by atoms with Crippen LogP contribution >= 0.6 is 12.2 Å². The van der Waals surface area contributed by atoms with E-state index in [1.165, 1.54) is 24.8 Å². The van der Waals surface area contributed by atoms with E-state index in [0.717, 1.165) is 56.5 Å². The summed E-state index contributed by atoms with van der Waals surface area (Å²) in [6.07, 6.45) is 8.28. The summed E-state index contributed by atoms with van der Waals surface area (Å²) in [7, 11) is 0. The number of rotatable bonds is 5. The quantitative estimate of drug-likeness (QED) is 0.790. The molecule has 4 bridgehead atoms. The first-order chi connectivity index (χ1) is 12.6. The van der Waals surface area contributed by atoms with Crippen LogP contribution in [0.2, 0.25) is 0 Å². The predicted octanol–water partition coefficient (Wildman–Crippen LogP) is 4.17. The summed E-state index contributed by atoms with van der Waals surface area (Å²) in [5.41, 5.74) is 1.18. The van der Waals surface area contributed by atoms with Gasteiger partial charge in [0, 0.05) is 13.1 Å². The topological polar surface area (TPSA) is 32.3 Å². The van der Waals surface area contributed by atoms with Gasteiger partial charge in [0.25, 0.3) is 0 Å². The molecule has 4 heteroatoms. The number of hydrogen-bond donors (Lipinski definition) is 1. The number of benzene rings is 1. The maximum atomic E-state index is 13.2. The number of thiocarbonyl (C=S) groups is 1. The normalized spacial score (nSPS) is 31.7. The Morgan fingerprint density at radius 1 is 1.12 bits per heavy atom. The van der Waals surface area contributed by atoms with Gasteiger partial charge in [-0.15, -0.1) is 0 Å². The van der Waals surface area contributed by atoms with E-state index < -0.39 is 0 Å². The highest BCUT2D eigenvalue weighted by molar-refractivity contribution is 7.80. The van der Waals surface area contributed by atoms with Crippen molar-refractivity contribution in [3.05, 3.63) is 35.9 Å². The molecular formula is C22H30N2OS. The number of carbonyl (C=O) groups excluding carboxylic acids is 1. The molecule has 1 amide bonds. The Morgan fingerprint density at radius 3 is 2.23 bits per heavy atom. The second-order valence-corrected chi connectivity index (χ2v) is 9.16. The molecule has 1 aromatic carbocycles. The van der Waals surface area contributed by atoms with Crippen LogP contribution < -0.4 is 5.32 Å². The molecule has 26 heavy (non-hydrogen) atoms. The average Bonchev–Trinajstić information content (AvgIpc) is 2.62. The van der Waals surface area contributed by atoms with Crippen molar-refractivity contribution in [3.63, 3.8) is 0 Å². The summed E-state index contributed by atoms with van der Waals surface area (Å²) in [4.78, 5) is 15.3. The van der Waals surface area contributed by atoms with Crippen LogP contribution in [0.1, 0.15) is 51.0 Å². The van der Waals surface area contributed by atoms with E-state index in [0.29, 0.717) is 5.11 Å². The minimum Gasteiger partial charge on any atom is -0.349 e. The number of likely N-dealkylation sites (N-methyl/N-ethyl adjacent to an activating group) is 1. The fourth-order valence-electron chi connectivity index (χ4n) is 6.01. The van der Waals surface area contributed by atoms with Crippen molar-refractivity contribution in [3.8, 4) is 0 Å². The van der Waals surface area contributed by atoms with Gasteiger partial charge in [-0.2, -0.15) is 0 Å². The van der Waals surface area contributed by atoms with Crippen LogP contribution in [-0.4, -0.2) is 29.0 Å². The highest BCUT2D eigenvalue weighted by atomic mass is 32.1. The van der Waals surface area contributed by atoms with Gasteiger partial charge >= 0.3 is 0 Å². The Labute approximate surface area is 162 Å². The van der Waals surface area contributed by atoms with Crippen molar-refractivity contribution < 1.29 is 4.79 Å². The first kappa shape index (κ1) is 18.0. The summed E-state index contributed by atoms with van der Waals surface area (Å²) in [6, 6.07) is 10.5. The van der Waals surface area contributed by atoms with Crippen LogP contribution in [0.3, 0.4) is 0 Å². The third-order valence-corrected chi connectivity index (χ3v) is 7.28. The standard InChI is InChI=1S/C22H30N2OS/c1-2-24(9-8-16-6-4-3-5-7-16)21(26)23-20(25)22-13-17-10-18(14-22)12-19(11-17)15-22/h3-7,17-19H,2,8-15H2,1H3,(H,23,25,26). The summed E-state index contributed by atoms with van der Waals surface area (Å²) in [5.74, 6) is 2.54. The lowest BCUT2D eigenvalue weighted by molar-refractivity contribution is -0.144. The smallest absolute Gasteiger partial charge is 0.232 e. The van der Waals surface area contributed by atoms with Gasteiger partial charge in [-0.1, -0.05) is 30.3 Å². The van der Waals surface area contributed by atoms with Gasteiger partial charge in [-0.05, 0) is 87.4 Å². The molecule has 0 spiro atoms. The Morgan fingerprint density at radius 2 is 1.69 bits per heavy atom. The molecule has 4 aliphatic rings. The largest absolute Gasteiger partial charge is 0.349 e. The Bertz CT molecular complexity index is 637. The van der Waals surface area contributed by atoms with Crippen LogP contribution in [0.5, 0.6) is 0 Å². The summed E-state index contributed by atoms with van der Waals surface area (Å²) in [5, 5.41) is 3.76. The predicted molar refractivity (Wildman–Crippen MR) is 109 cm³/mol. The van der Waals surface area contributed by atoms with Crippen LogP contribution in [0.25, 0.3) is 0 Å². The minimum absolute atomic E-state index is 0.127. The zero-order valence-corrected chi connectivity index (χ0v) is 16.6. The number of hydrogen-bond acceptors (Lipinski definition) is 2. The molecule has 4 aliphatic carbocycles. The number of nitrogens with one attached hydrogen (secondary N) is 1. The van der Waals surface area contributed by atoms with Crippen LogP contribution in [0.4, 0.5) is 0 Å². The molecule has 0 atom stereocenters. The highest BCUT2D eigenvalue weighted by Crippen LogP contribution is 2.60. The molecular weight excluding hydrogens is 340 g/mol. The SMILES string of the molecule is CCN(CCc1ccccc1)C(=S)NC(=O)C12CC3CC(CC(C3)C1)C2. The molecule has 0 aliphatic heterocycles. The van der Waals surface area contributed by atoms with Crippen molar-refractivity contribution in [1.82, 2.24) is 10.2 Å². The number of nitrogens with zero attached hydrogens (tertiary/aromatic N) is 1. The van der Waals surface area contributed by atoms with E-state index >= 15 is 0 Å². The fourth-order valence-corrected chi connectivity index (χ4v) is 6.32. The Balaban J connectivity index is 1.36.